The number of carbonyl (C=O) groups excluding carboxylic acids is 1. The lowest BCUT2D eigenvalue weighted by Gasteiger charge is -2.24. The molecule has 7 nitrogen and oxygen atoms in total. The molecule has 0 heterocycles. The number of allylic oxidation sites excluding steroid dienone is 2. The Morgan fingerprint density at radius 1 is 1.29 bits per heavy atom. The lowest BCUT2D eigenvalue weighted by atomic mass is 9.96. The van der Waals surface area contributed by atoms with Gasteiger partial charge >= 0.3 is 0 Å². The van der Waals surface area contributed by atoms with Gasteiger partial charge in [-0.3, -0.25) is 4.79 Å². The minimum Gasteiger partial charge on any atom is -0.394 e. The molecule has 0 saturated heterocycles. The molecule has 0 aromatic heterocycles. The molecule has 4 atom stereocenters. The number of nitrogens with one attached hydrogen (secondary N) is 1. The molecule has 6 N–H and O–H groups in total. The van der Waals surface area contributed by atoms with Crippen molar-refractivity contribution in [2.75, 3.05) is 13.2 Å². The first-order chi connectivity index (χ1) is 11.1. The molecule has 0 bridgehead atoms. The lowest BCUT2D eigenvalue weighted by molar-refractivity contribution is -0.127. The van der Waals surface area contributed by atoms with E-state index in [1.54, 1.807) is 19.9 Å². The fourth-order valence-corrected chi connectivity index (χ4v) is 1.98. The Morgan fingerprint density at radius 3 is 2.46 bits per heavy atom. The first-order valence-corrected chi connectivity index (χ1v) is 8.14. The fourth-order valence-electron chi connectivity index (χ4n) is 1.98. The Bertz CT molecular complexity index is 433. The van der Waals surface area contributed by atoms with Gasteiger partial charge in [0.1, 0.15) is 5.60 Å². The van der Waals surface area contributed by atoms with Crippen molar-refractivity contribution in [3.05, 3.63) is 23.8 Å². The van der Waals surface area contributed by atoms with Gasteiger partial charge in [0.2, 0.25) is 0 Å². The fraction of sp³-hybridized carbons (Fsp3) is 0.706. The number of hydrogen-bond acceptors (Lipinski definition) is 6. The smallest absolute Gasteiger partial charge is 0.252 e. The van der Waals surface area contributed by atoms with E-state index in [0.29, 0.717) is 12.8 Å². The van der Waals surface area contributed by atoms with Gasteiger partial charge in [0, 0.05) is 6.54 Å². The third kappa shape index (κ3) is 9.14. The third-order valence-corrected chi connectivity index (χ3v) is 3.65. The molecule has 0 fully saturated rings. The summed E-state index contributed by atoms with van der Waals surface area (Å²) in [6, 6.07) is 0. The maximum absolute atomic E-state index is 11.7. The second-order valence-electron chi connectivity index (χ2n) is 6.13. The summed E-state index contributed by atoms with van der Waals surface area (Å²) in [5, 5.41) is 49.7. The Balaban J connectivity index is 4.39. The zero-order valence-corrected chi connectivity index (χ0v) is 14.6. The zero-order chi connectivity index (χ0) is 18.8. The molecular weight excluding hydrogens is 314 g/mol. The topological polar surface area (TPSA) is 130 Å². The number of aliphatic hydroxyl groups excluding tert-OH is 4. The summed E-state index contributed by atoms with van der Waals surface area (Å²) < 4.78 is 0. The second kappa shape index (κ2) is 11.3. The molecule has 0 spiro atoms. The van der Waals surface area contributed by atoms with E-state index in [2.05, 4.69) is 5.32 Å². The van der Waals surface area contributed by atoms with Crippen LogP contribution in [0.25, 0.3) is 0 Å². The van der Waals surface area contributed by atoms with Gasteiger partial charge in [-0.1, -0.05) is 24.6 Å². The van der Waals surface area contributed by atoms with Crippen molar-refractivity contribution in [1.82, 2.24) is 5.32 Å². The van der Waals surface area contributed by atoms with Crippen LogP contribution in [0.5, 0.6) is 0 Å². The molecular formula is C17H31NO6. The minimum atomic E-state index is -1.32. The highest BCUT2D eigenvalue weighted by Crippen LogP contribution is 2.16. The summed E-state index contributed by atoms with van der Waals surface area (Å²) in [5.74, 6) is -0.586. The molecule has 0 aliphatic heterocycles. The summed E-state index contributed by atoms with van der Waals surface area (Å²) in [7, 11) is 0. The predicted octanol–water partition coefficient (Wildman–Crippen LogP) is -0.379. The summed E-state index contributed by atoms with van der Waals surface area (Å²) in [5.41, 5.74) is -0.593. The molecule has 0 radical (unpaired) electrons. The summed E-state index contributed by atoms with van der Waals surface area (Å²) in [4.78, 5) is 11.7. The highest BCUT2D eigenvalue weighted by atomic mass is 16.3. The zero-order valence-electron chi connectivity index (χ0n) is 14.6. The van der Waals surface area contributed by atoms with Crippen LogP contribution in [0.15, 0.2) is 23.8 Å². The first-order valence-electron chi connectivity index (χ1n) is 8.14. The van der Waals surface area contributed by atoms with Crippen LogP contribution >= 0.6 is 0 Å². The first kappa shape index (κ1) is 22.8. The van der Waals surface area contributed by atoms with Crippen molar-refractivity contribution in [3.8, 4) is 0 Å². The van der Waals surface area contributed by atoms with Crippen LogP contribution in [0.2, 0.25) is 0 Å². The molecule has 0 saturated carbocycles. The molecule has 24 heavy (non-hydrogen) atoms. The number of hydrogen-bond donors (Lipinski definition) is 6. The highest BCUT2D eigenvalue weighted by Gasteiger charge is 2.25. The van der Waals surface area contributed by atoms with Crippen LogP contribution in [0.1, 0.15) is 40.0 Å². The normalized spacial score (nSPS) is 18.9. The summed E-state index contributed by atoms with van der Waals surface area (Å²) >= 11 is 0. The van der Waals surface area contributed by atoms with Crippen LogP contribution in [0, 0.1) is 0 Å². The van der Waals surface area contributed by atoms with E-state index in [-0.39, 0.29) is 19.6 Å². The average Bonchev–Trinajstić information content (AvgIpc) is 2.53. The van der Waals surface area contributed by atoms with Gasteiger partial charge in [0.15, 0.2) is 6.10 Å². The molecule has 140 valence electrons. The van der Waals surface area contributed by atoms with Crippen molar-refractivity contribution in [1.29, 1.82) is 0 Å². The van der Waals surface area contributed by atoms with Crippen molar-refractivity contribution >= 4 is 5.91 Å². The summed E-state index contributed by atoms with van der Waals surface area (Å²) in [6.45, 7) is 4.80. The summed E-state index contributed by atoms with van der Waals surface area (Å²) in [6.07, 6.45) is 2.55. The monoisotopic (exact) mass is 345 g/mol. The average molecular weight is 345 g/mol. The van der Waals surface area contributed by atoms with Gasteiger partial charge in [0.25, 0.3) is 5.91 Å². The Hall–Kier alpha value is -1.25. The maximum atomic E-state index is 11.7. The van der Waals surface area contributed by atoms with Gasteiger partial charge in [-0.15, -0.1) is 0 Å². The number of rotatable bonds is 11. The van der Waals surface area contributed by atoms with Gasteiger partial charge < -0.3 is 30.8 Å². The largest absolute Gasteiger partial charge is 0.394 e. The van der Waals surface area contributed by atoms with E-state index in [0.717, 1.165) is 5.57 Å². The van der Waals surface area contributed by atoms with E-state index >= 15 is 0 Å². The Labute approximate surface area is 143 Å². The van der Waals surface area contributed by atoms with E-state index in [4.69, 9.17) is 10.2 Å². The Kier molecular flexibility index (Phi) is 10.7. The SMILES string of the molecule is CCC(O)C(C)(O)/C=C/C/C(C)=C/C(O)C(=O)NCCC(O)CO. The molecule has 1 amide bonds. The van der Waals surface area contributed by atoms with Crippen molar-refractivity contribution in [2.45, 2.75) is 63.9 Å². The molecule has 0 aliphatic rings. The van der Waals surface area contributed by atoms with Crippen LogP contribution in [-0.4, -0.2) is 68.5 Å². The predicted molar refractivity (Wildman–Crippen MR) is 91.2 cm³/mol. The number of carbonyl (C=O) groups is 1. The van der Waals surface area contributed by atoms with Gasteiger partial charge in [-0.2, -0.15) is 0 Å². The van der Waals surface area contributed by atoms with Crippen LogP contribution in [0.4, 0.5) is 0 Å². The molecule has 0 aliphatic carbocycles. The van der Waals surface area contributed by atoms with Gasteiger partial charge in [-0.25, -0.2) is 0 Å². The number of aliphatic hydroxyl groups is 5. The van der Waals surface area contributed by atoms with E-state index in [1.165, 1.54) is 19.1 Å². The van der Waals surface area contributed by atoms with Crippen LogP contribution in [-0.2, 0) is 4.79 Å². The van der Waals surface area contributed by atoms with Crippen LogP contribution < -0.4 is 5.32 Å². The van der Waals surface area contributed by atoms with Crippen molar-refractivity contribution in [3.63, 3.8) is 0 Å². The lowest BCUT2D eigenvalue weighted by Crippen LogP contribution is -2.36. The van der Waals surface area contributed by atoms with Crippen molar-refractivity contribution in [2.24, 2.45) is 0 Å². The van der Waals surface area contributed by atoms with Crippen LogP contribution in [0.3, 0.4) is 0 Å². The highest BCUT2D eigenvalue weighted by molar-refractivity contribution is 5.82. The van der Waals surface area contributed by atoms with E-state index < -0.39 is 29.8 Å². The maximum Gasteiger partial charge on any atom is 0.252 e. The third-order valence-electron chi connectivity index (χ3n) is 3.65. The van der Waals surface area contributed by atoms with E-state index in [9.17, 15) is 20.1 Å². The molecule has 0 aromatic rings. The van der Waals surface area contributed by atoms with Crippen molar-refractivity contribution < 1.29 is 30.3 Å². The van der Waals surface area contributed by atoms with Gasteiger partial charge in [-0.05, 0) is 39.2 Å². The van der Waals surface area contributed by atoms with E-state index in [1.807, 2.05) is 0 Å². The second-order valence-corrected chi connectivity index (χ2v) is 6.13. The molecule has 0 aromatic carbocycles. The minimum absolute atomic E-state index is 0.155. The quantitative estimate of drug-likeness (QED) is 0.283. The molecule has 0 rings (SSSR count). The number of amides is 1. The molecule has 7 heteroatoms. The van der Waals surface area contributed by atoms with Gasteiger partial charge in [0.05, 0.1) is 18.8 Å². The Morgan fingerprint density at radius 2 is 1.92 bits per heavy atom. The standard InChI is InChI=1S/C17H31NO6/c1-4-15(22)17(3,24)8-5-6-12(2)10-14(21)16(23)18-9-7-13(20)11-19/h5,8,10,13-15,19-22,24H,4,6-7,9,11H2,1-3H3,(H,18,23)/b8-5+,12-10+. The molecule has 4 unspecified atom stereocenters.